The lowest BCUT2D eigenvalue weighted by Crippen LogP contribution is -2.31. The van der Waals surface area contributed by atoms with E-state index in [0.29, 0.717) is 5.69 Å². The maximum atomic E-state index is 12.1. The van der Waals surface area contributed by atoms with Gasteiger partial charge in [0.05, 0.1) is 6.04 Å². The van der Waals surface area contributed by atoms with Crippen LogP contribution in [0.5, 0.6) is 5.75 Å². The number of carbonyl (C=O) groups excluding carboxylic acids is 1. The van der Waals surface area contributed by atoms with E-state index in [1.807, 2.05) is 6.92 Å². The van der Waals surface area contributed by atoms with E-state index in [-0.39, 0.29) is 17.8 Å². The number of urea groups is 1. The van der Waals surface area contributed by atoms with Crippen molar-refractivity contribution in [3.8, 4) is 5.75 Å². The van der Waals surface area contributed by atoms with Crippen LogP contribution in [0.15, 0.2) is 42.7 Å². The van der Waals surface area contributed by atoms with Gasteiger partial charge in [-0.25, -0.2) is 4.79 Å². The normalized spacial score (nSPS) is 11.9. The number of aryl methyl sites for hydroxylation is 1. The Morgan fingerprint density at radius 3 is 2.52 bits per heavy atom. The number of hydrogen-bond donors (Lipinski definition) is 2. The molecule has 0 aliphatic carbocycles. The van der Waals surface area contributed by atoms with Crippen LogP contribution in [0.4, 0.5) is 19.3 Å². The minimum absolute atomic E-state index is 0.0767. The van der Waals surface area contributed by atoms with Crippen molar-refractivity contribution in [2.45, 2.75) is 26.5 Å². The average molecular weight is 321 g/mol. The summed E-state index contributed by atoms with van der Waals surface area (Å²) in [6, 6.07) is 7.17. The lowest BCUT2D eigenvalue weighted by Gasteiger charge is -2.16. The second-order valence-electron chi connectivity index (χ2n) is 4.96. The Morgan fingerprint density at radius 2 is 1.91 bits per heavy atom. The standard InChI is InChI=1S/C16H17F2N3O2/c1-10-9-19-8-7-14(10)21-16(22)20-11(2)12-3-5-13(6-4-12)23-15(17)18/h3-9,11,15H,1-2H3,(H2,19,20,21,22)/t11-/m0/s1. The van der Waals surface area contributed by atoms with Crippen LogP contribution in [-0.2, 0) is 0 Å². The maximum Gasteiger partial charge on any atom is 0.387 e. The summed E-state index contributed by atoms with van der Waals surface area (Å²) in [5.41, 5.74) is 2.29. The molecule has 0 saturated carbocycles. The van der Waals surface area contributed by atoms with Gasteiger partial charge in [-0.15, -0.1) is 0 Å². The molecule has 0 aliphatic heterocycles. The molecule has 7 heteroatoms. The summed E-state index contributed by atoms with van der Waals surface area (Å²) in [6.45, 7) is 0.779. The van der Waals surface area contributed by atoms with Crippen molar-refractivity contribution in [1.82, 2.24) is 10.3 Å². The molecule has 0 radical (unpaired) electrons. The van der Waals surface area contributed by atoms with Crippen LogP contribution in [0.2, 0.25) is 0 Å². The van der Waals surface area contributed by atoms with Crippen LogP contribution in [0.25, 0.3) is 0 Å². The van der Waals surface area contributed by atoms with Crippen LogP contribution < -0.4 is 15.4 Å². The third-order valence-electron chi connectivity index (χ3n) is 3.22. The number of amides is 2. The first-order valence-corrected chi connectivity index (χ1v) is 6.98. The number of alkyl halides is 2. The highest BCUT2D eigenvalue weighted by molar-refractivity contribution is 5.90. The van der Waals surface area contributed by atoms with Crippen LogP contribution in [0.1, 0.15) is 24.1 Å². The van der Waals surface area contributed by atoms with E-state index in [1.54, 1.807) is 37.5 Å². The summed E-state index contributed by atoms with van der Waals surface area (Å²) in [5.74, 6) is 0.0767. The number of hydrogen-bond acceptors (Lipinski definition) is 3. The summed E-state index contributed by atoms with van der Waals surface area (Å²) >= 11 is 0. The Hall–Kier alpha value is -2.70. The lowest BCUT2D eigenvalue weighted by atomic mass is 10.1. The predicted octanol–water partition coefficient (Wildman–Crippen LogP) is 3.87. The molecule has 0 saturated heterocycles. The molecule has 2 aromatic rings. The largest absolute Gasteiger partial charge is 0.435 e. The van der Waals surface area contributed by atoms with Crippen LogP contribution in [0, 0.1) is 6.92 Å². The van der Waals surface area contributed by atoms with Gasteiger partial charge < -0.3 is 15.4 Å². The SMILES string of the molecule is Cc1cnccc1NC(=O)N[C@@H](C)c1ccc(OC(F)F)cc1. The number of halogens is 2. The molecule has 0 spiro atoms. The quantitative estimate of drug-likeness (QED) is 0.878. The highest BCUT2D eigenvalue weighted by Gasteiger charge is 2.11. The summed E-state index contributed by atoms with van der Waals surface area (Å²) in [7, 11) is 0. The maximum absolute atomic E-state index is 12.1. The predicted molar refractivity (Wildman–Crippen MR) is 82.6 cm³/mol. The number of nitrogens with one attached hydrogen (secondary N) is 2. The highest BCUT2D eigenvalue weighted by Crippen LogP contribution is 2.19. The molecule has 122 valence electrons. The van der Waals surface area contributed by atoms with Gasteiger partial charge in [0.25, 0.3) is 0 Å². The molecule has 0 bridgehead atoms. The van der Waals surface area contributed by atoms with Gasteiger partial charge in [-0.1, -0.05) is 12.1 Å². The van der Waals surface area contributed by atoms with Crippen molar-refractivity contribution in [3.63, 3.8) is 0 Å². The Morgan fingerprint density at radius 1 is 1.22 bits per heavy atom. The average Bonchev–Trinajstić information content (AvgIpc) is 2.49. The van der Waals surface area contributed by atoms with Crippen molar-refractivity contribution >= 4 is 11.7 Å². The molecule has 1 atom stereocenters. The molecule has 1 aromatic carbocycles. The van der Waals surface area contributed by atoms with Gasteiger partial charge >= 0.3 is 12.6 Å². The van der Waals surface area contributed by atoms with E-state index in [4.69, 9.17) is 0 Å². The van der Waals surface area contributed by atoms with Crippen LogP contribution in [0.3, 0.4) is 0 Å². The zero-order chi connectivity index (χ0) is 16.8. The van der Waals surface area contributed by atoms with Crippen molar-refractivity contribution in [2.75, 3.05) is 5.32 Å². The number of ether oxygens (including phenoxy) is 1. The van der Waals surface area contributed by atoms with E-state index in [2.05, 4.69) is 20.4 Å². The first kappa shape index (κ1) is 16.7. The van der Waals surface area contributed by atoms with E-state index >= 15 is 0 Å². The zero-order valence-electron chi connectivity index (χ0n) is 12.7. The molecule has 2 N–H and O–H groups in total. The summed E-state index contributed by atoms with van der Waals surface area (Å²) in [6.07, 6.45) is 3.24. The first-order valence-electron chi connectivity index (χ1n) is 6.98. The number of nitrogens with zero attached hydrogens (tertiary/aromatic N) is 1. The number of carbonyl (C=O) groups is 1. The molecular formula is C16H17F2N3O2. The van der Waals surface area contributed by atoms with Gasteiger partial charge in [0.15, 0.2) is 0 Å². The molecule has 0 aliphatic rings. The Kier molecular flexibility index (Phi) is 5.46. The fourth-order valence-electron chi connectivity index (χ4n) is 1.99. The Bertz CT molecular complexity index is 663. The van der Waals surface area contributed by atoms with Gasteiger partial charge in [-0.2, -0.15) is 8.78 Å². The van der Waals surface area contributed by atoms with E-state index < -0.39 is 6.61 Å². The second-order valence-corrected chi connectivity index (χ2v) is 4.96. The lowest BCUT2D eigenvalue weighted by molar-refractivity contribution is -0.0498. The Balaban J connectivity index is 1.94. The number of rotatable bonds is 5. The monoisotopic (exact) mass is 321 g/mol. The minimum atomic E-state index is -2.86. The molecular weight excluding hydrogens is 304 g/mol. The van der Waals surface area contributed by atoms with E-state index in [1.165, 1.54) is 12.1 Å². The van der Waals surface area contributed by atoms with E-state index in [9.17, 15) is 13.6 Å². The molecule has 0 unspecified atom stereocenters. The van der Waals surface area contributed by atoms with Gasteiger partial charge in [-0.3, -0.25) is 4.98 Å². The number of aromatic nitrogens is 1. The fraction of sp³-hybridized carbons (Fsp3) is 0.250. The smallest absolute Gasteiger partial charge is 0.387 e. The molecule has 1 aromatic heterocycles. The fourth-order valence-corrected chi connectivity index (χ4v) is 1.99. The van der Waals surface area contributed by atoms with Gasteiger partial charge in [0.1, 0.15) is 5.75 Å². The molecule has 2 amide bonds. The summed E-state index contributed by atoms with van der Waals surface area (Å²) < 4.78 is 28.5. The molecule has 23 heavy (non-hydrogen) atoms. The topological polar surface area (TPSA) is 63.2 Å². The zero-order valence-corrected chi connectivity index (χ0v) is 12.7. The second kappa shape index (κ2) is 7.53. The molecule has 1 heterocycles. The van der Waals surface area contributed by atoms with Crippen molar-refractivity contribution < 1.29 is 18.3 Å². The number of benzene rings is 1. The molecule has 5 nitrogen and oxygen atoms in total. The van der Waals surface area contributed by atoms with Gasteiger partial charge in [0.2, 0.25) is 0 Å². The summed E-state index contributed by atoms with van der Waals surface area (Å²) in [5, 5.41) is 5.51. The Labute approximate surface area is 132 Å². The van der Waals surface area contributed by atoms with Crippen LogP contribution >= 0.6 is 0 Å². The van der Waals surface area contributed by atoms with Crippen molar-refractivity contribution in [1.29, 1.82) is 0 Å². The van der Waals surface area contributed by atoms with Crippen molar-refractivity contribution in [3.05, 3.63) is 53.9 Å². The van der Waals surface area contributed by atoms with Gasteiger partial charge in [-0.05, 0) is 43.2 Å². The summed E-state index contributed by atoms with van der Waals surface area (Å²) in [4.78, 5) is 15.9. The number of pyridine rings is 1. The van der Waals surface area contributed by atoms with Crippen LogP contribution in [-0.4, -0.2) is 17.6 Å². The van der Waals surface area contributed by atoms with Gasteiger partial charge in [0, 0.05) is 18.1 Å². The third kappa shape index (κ3) is 4.91. The third-order valence-corrected chi connectivity index (χ3v) is 3.22. The highest BCUT2D eigenvalue weighted by atomic mass is 19.3. The minimum Gasteiger partial charge on any atom is -0.435 e. The first-order chi connectivity index (χ1) is 11.0. The van der Waals surface area contributed by atoms with Crippen molar-refractivity contribution in [2.24, 2.45) is 0 Å². The van der Waals surface area contributed by atoms with E-state index in [0.717, 1.165) is 11.1 Å². The molecule has 0 fully saturated rings. The molecule has 2 rings (SSSR count). The number of anilines is 1.